The van der Waals surface area contributed by atoms with Gasteiger partial charge in [-0.05, 0) is 17.7 Å². The first-order chi connectivity index (χ1) is 11.6. The fourth-order valence-electron chi connectivity index (χ4n) is 2.99. The molecule has 0 spiro atoms. The smallest absolute Gasteiger partial charge is 0.242 e. The molecule has 0 bridgehead atoms. The lowest BCUT2D eigenvalue weighted by Gasteiger charge is -2.35. The molecule has 2 fully saturated rings. The Morgan fingerprint density at radius 3 is 2.75 bits per heavy atom. The molecule has 3 rings (SSSR count). The van der Waals surface area contributed by atoms with Crippen molar-refractivity contribution in [3.8, 4) is 0 Å². The van der Waals surface area contributed by atoms with Crippen molar-refractivity contribution in [1.82, 2.24) is 15.1 Å². The van der Waals surface area contributed by atoms with Gasteiger partial charge in [0.1, 0.15) is 0 Å². The Balaban J connectivity index is 1.50. The zero-order chi connectivity index (χ0) is 16.9. The Morgan fingerprint density at radius 1 is 1.29 bits per heavy atom. The third-order valence-corrected chi connectivity index (χ3v) is 5.76. The second-order valence-electron chi connectivity index (χ2n) is 6.19. The highest BCUT2D eigenvalue weighted by Crippen LogP contribution is 2.15. The summed E-state index contributed by atoms with van der Waals surface area (Å²) in [7, 11) is 0. The van der Waals surface area contributed by atoms with Gasteiger partial charge in [0, 0.05) is 55.2 Å². The normalized spacial score (nSPS) is 21.9. The van der Waals surface area contributed by atoms with Gasteiger partial charge in [0.15, 0.2) is 0 Å². The van der Waals surface area contributed by atoms with Crippen LogP contribution in [0.1, 0.15) is 12.0 Å². The van der Waals surface area contributed by atoms with Crippen LogP contribution in [-0.2, 0) is 16.1 Å². The van der Waals surface area contributed by atoms with Crippen LogP contribution in [0.2, 0.25) is 5.02 Å². The lowest BCUT2D eigenvalue weighted by molar-refractivity contribution is -0.145. The van der Waals surface area contributed by atoms with Gasteiger partial charge >= 0.3 is 0 Å². The minimum atomic E-state index is 0.00975. The maximum atomic E-state index is 12.4. The molecule has 0 radical (unpaired) electrons. The minimum absolute atomic E-state index is 0.00975. The summed E-state index contributed by atoms with van der Waals surface area (Å²) in [6, 6.07) is 7.75. The van der Waals surface area contributed by atoms with Crippen LogP contribution in [0.3, 0.4) is 0 Å². The van der Waals surface area contributed by atoms with Crippen molar-refractivity contribution in [2.24, 2.45) is 0 Å². The van der Waals surface area contributed by atoms with E-state index in [0.29, 0.717) is 31.1 Å². The van der Waals surface area contributed by atoms with E-state index in [4.69, 9.17) is 11.6 Å². The largest absolute Gasteiger partial charge is 0.335 e. The number of thioether (sulfide) groups is 1. The maximum absolute atomic E-state index is 12.4. The van der Waals surface area contributed by atoms with Crippen LogP contribution in [-0.4, -0.2) is 65.3 Å². The first-order valence-corrected chi connectivity index (χ1v) is 9.76. The first-order valence-electron chi connectivity index (χ1n) is 8.23. The second-order valence-corrected chi connectivity index (χ2v) is 7.77. The monoisotopic (exact) mass is 367 g/mol. The van der Waals surface area contributed by atoms with Crippen molar-refractivity contribution < 1.29 is 9.59 Å². The summed E-state index contributed by atoms with van der Waals surface area (Å²) >= 11 is 7.76. The SMILES string of the molecule is O=C(CC1CSCCN1)N1CCN(Cc2ccc(Cl)cc2)C(=O)C1. The molecule has 1 aromatic rings. The zero-order valence-corrected chi connectivity index (χ0v) is 15.1. The van der Waals surface area contributed by atoms with Crippen LogP contribution in [0, 0.1) is 0 Å². The predicted molar refractivity (Wildman–Crippen MR) is 97.2 cm³/mol. The van der Waals surface area contributed by atoms with E-state index in [1.54, 1.807) is 4.90 Å². The highest BCUT2D eigenvalue weighted by molar-refractivity contribution is 7.99. The van der Waals surface area contributed by atoms with E-state index in [0.717, 1.165) is 23.6 Å². The summed E-state index contributed by atoms with van der Waals surface area (Å²) in [4.78, 5) is 28.3. The van der Waals surface area contributed by atoms with Gasteiger partial charge in [-0.1, -0.05) is 23.7 Å². The molecule has 5 nitrogen and oxygen atoms in total. The van der Waals surface area contributed by atoms with Crippen LogP contribution in [0.15, 0.2) is 24.3 Å². The quantitative estimate of drug-likeness (QED) is 0.878. The summed E-state index contributed by atoms with van der Waals surface area (Å²) in [6.45, 7) is 2.90. The Morgan fingerprint density at radius 2 is 2.08 bits per heavy atom. The molecule has 24 heavy (non-hydrogen) atoms. The summed E-state index contributed by atoms with van der Waals surface area (Å²) in [5, 5.41) is 4.06. The Hall–Kier alpha value is -1.24. The number of halogens is 1. The van der Waals surface area contributed by atoms with Crippen LogP contribution in [0.25, 0.3) is 0 Å². The Labute approximate surface area is 151 Å². The average Bonchev–Trinajstić information content (AvgIpc) is 2.59. The first kappa shape index (κ1) is 17.6. The van der Waals surface area contributed by atoms with Crippen molar-refractivity contribution in [3.63, 3.8) is 0 Å². The number of amides is 2. The summed E-state index contributed by atoms with van der Waals surface area (Å²) in [5.74, 6) is 2.16. The van der Waals surface area contributed by atoms with Crippen molar-refractivity contribution in [2.45, 2.75) is 19.0 Å². The van der Waals surface area contributed by atoms with Crippen LogP contribution in [0.5, 0.6) is 0 Å². The Kier molecular flexibility index (Phi) is 6.03. The van der Waals surface area contributed by atoms with E-state index >= 15 is 0 Å². The van der Waals surface area contributed by atoms with Crippen LogP contribution < -0.4 is 5.32 Å². The molecule has 2 amide bonds. The molecular weight excluding hydrogens is 346 g/mol. The number of piperazine rings is 1. The van der Waals surface area contributed by atoms with E-state index in [1.165, 1.54) is 0 Å². The molecule has 1 unspecified atom stereocenters. The molecule has 2 saturated heterocycles. The van der Waals surface area contributed by atoms with E-state index in [9.17, 15) is 9.59 Å². The molecule has 2 aliphatic rings. The second kappa shape index (κ2) is 8.23. The maximum Gasteiger partial charge on any atom is 0.242 e. The van der Waals surface area contributed by atoms with Crippen molar-refractivity contribution in [1.29, 1.82) is 0 Å². The fourth-order valence-corrected chi connectivity index (χ4v) is 4.06. The van der Waals surface area contributed by atoms with Gasteiger partial charge < -0.3 is 15.1 Å². The van der Waals surface area contributed by atoms with Crippen molar-refractivity contribution in [2.75, 3.05) is 37.7 Å². The predicted octanol–water partition coefficient (Wildman–Crippen LogP) is 1.61. The number of carbonyl (C=O) groups is 2. The van der Waals surface area contributed by atoms with Crippen molar-refractivity contribution in [3.05, 3.63) is 34.9 Å². The van der Waals surface area contributed by atoms with Crippen LogP contribution >= 0.6 is 23.4 Å². The number of carbonyl (C=O) groups excluding carboxylic acids is 2. The molecule has 1 atom stereocenters. The molecule has 1 N–H and O–H groups in total. The molecule has 0 aliphatic carbocycles. The number of nitrogens with one attached hydrogen (secondary N) is 1. The number of benzene rings is 1. The number of nitrogens with zero attached hydrogens (tertiary/aromatic N) is 2. The van der Waals surface area contributed by atoms with E-state index in [-0.39, 0.29) is 24.4 Å². The fraction of sp³-hybridized carbons (Fsp3) is 0.529. The van der Waals surface area contributed by atoms with Crippen molar-refractivity contribution >= 4 is 35.2 Å². The Bertz CT molecular complexity index is 590. The van der Waals surface area contributed by atoms with E-state index in [1.807, 2.05) is 40.9 Å². The molecule has 1 aromatic carbocycles. The summed E-state index contributed by atoms with van der Waals surface area (Å²) in [5.41, 5.74) is 1.05. The van der Waals surface area contributed by atoms with Gasteiger partial charge in [0.25, 0.3) is 0 Å². The highest BCUT2D eigenvalue weighted by atomic mass is 35.5. The lowest BCUT2D eigenvalue weighted by Crippen LogP contribution is -2.53. The standard InChI is InChI=1S/C17H22ClN3O2S/c18-14-3-1-13(2-4-14)10-20-6-7-21(11-17(20)23)16(22)9-15-12-24-8-5-19-15/h1-4,15,19H,5-12H2. The third-order valence-electron chi connectivity index (χ3n) is 4.38. The van der Waals surface area contributed by atoms with Gasteiger partial charge in [-0.3, -0.25) is 9.59 Å². The molecule has 0 saturated carbocycles. The molecule has 0 aromatic heterocycles. The van der Waals surface area contributed by atoms with Gasteiger partial charge in [-0.15, -0.1) is 0 Å². The molecule has 130 valence electrons. The number of hydrogen-bond donors (Lipinski definition) is 1. The van der Waals surface area contributed by atoms with Gasteiger partial charge in [0.2, 0.25) is 11.8 Å². The van der Waals surface area contributed by atoms with E-state index < -0.39 is 0 Å². The molecular formula is C17H22ClN3O2S. The molecule has 2 heterocycles. The minimum Gasteiger partial charge on any atom is -0.335 e. The van der Waals surface area contributed by atoms with Gasteiger partial charge in [-0.25, -0.2) is 0 Å². The van der Waals surface area contributed by atoms with Gasteiger partial charge in [-0.2, -0.15) is 11.8 Å². The zero-order valence-electron chi connectivity index (χ0n) is 13.5. The highest BCUT2D eigenvalue weighted by Gasteiger charge is 2.28. The topological polar surface area (TPSA) is 52.7 Å². The summed E-state index contributed by atoms with van der Waals surface area (Å²) in [6.07, 6.45) is 0.484. The average molecular weight is 368 g/mol. The van der Waals surface area contributed by atoms with E-state index in [2.05, 4.69) is 5.32 Å². The molecule has 7 heteroatoms. The van der Waals surface area contributed by atoms with Gasteiger partial charge in [0.05, 0.1) is 6.54 Å². The third kappa shape index (κ3) is 4.65. The lowest BCUT2D eigenvalue weighted by atomic mass is 10.1. The number of rotatable bonds is 4. The number of hydrogen-bond acceptors (Lipinski definition) is 4. The molecule has 2 aliphatic heterocycles. The summed E-state index contributed by atoms with van der Waals surface area (Å²) < 4.78 is 0. The van der Waals surface area contributed by atoms with Crippen LogP contribution in [0.4, 0.5) is 0 Å².